The van der Waals surface area contributed by atoms with Crippen molar-refractivity contribution in [1.82, 2.24) is 5.32 Å². The lowest BCUT2D eigenvalue weighted by Gasteiger charge is -2.22. The second-order valence-corrected chi connectivity index (χ2v) is 5.57. The van der Waals surface area contributed by atoms with Gasteiger partial charge in [-0.2, -0.15) is 0 Å². The molecule has 2 nitrogen and oxygen atoms in total. The van der Waals surface area contributed by atoms with Crippen molar-refractivity contribution in [2.24, 2.45) is 0 Å². The molecule has 104 valence electrons. The molecule has 1 unspecified atom stereocenters. The van der Waals surface area contributed by atoms with E-state index in [4.69, 9.17) is 11.6 Å². The molecule has 0 bridgehead atoms. The molecular formula is C15H19ClFNO. The highest BCUT2D eigenvalue weighted by Crippen LogP contribution is 2.17. The zero-order valence-corrected chi connectivity index (χ0v) is 11.7. The van der Waals surface area contributed by atoms with Crippen LogP contribution in [0.5, 0.6) is 0 Å². The molecule has 19 heavy (non-hydrogen) atoms. The number of carbonyl (C=O) groups excluding carboxylic acids is 1. The molecule has 0 radical (unpaired) electrons. The second-order valence-electron chi connectivity index (χ2n) is 5.14. The maximum absolute atomic E-state index is 13.5. The van der Waals surface area contributed by atoms with Gasteiger partial charge in [0.15, 0.2) is 0 Å². The molecule has 1 fully saturated rings. The third-order valence-corrected chi connectivity index (χ3v) is 3.81. The number of piperidine rings is 1. The summed E-state index contributed by atoms with van der Waals surface area (Å²) in [6, 6.07) is 4.79. The van der Waals surface area contributed by atoms with Crippen LogP contribution >= 0.6 is 11.6 Å². The van der Waals surface area contributed by atoms with E-state index in [2.05, 4.69) is 5.32 Å². The Kier molecular flexibility index (Phi) is 5.34. The Bertz CT molecular complexity index is 444. The van der Waals surface area contributed by atoms with Crippen LogP contribution in [0.15, 0.2) is 18.2 Å². The summed E-state index contributed by atoms with van der Waals surface area (Å²) in [6.07, 6.45) is 5.08. The number of ketones is 1. The number of hydrogen-bond acceptors (Lipinski definition) is 2. The SMILES string of the molecule is O=C(CCC1CCCCN1)Cc1cc(Cl)ccc1F. The number of Topliss-reactive ketones (excluding diaryl/α,β-unsaturated/α-hetero) is 1. The first-order chi connectivity index (χ1) is 9.15. The molecule has 1 aliphatic rings. The average Bonchev–Trinajstić information content (AvgIpc) is 2.42. The van der Waals surface area contributed by atoms with Crippen LogP contribution in [0, 0.1) is 5.82 Å². The van der Waals surface area contributed by atoms with Gasteiger partial charge < -0.3 is 5.32 Å². The highest BCUT2D eigenvalue weighted by Gasteiger charge is 2.15. The standard InChI is InChI=1S/C15H19ClFNO/c16-12-4-7-15(17)11(9-12)10-14(19)6-5-13-3-1-2-8-18-13/h4,7,9,13,18H,1-3,5-6,8,10H2. The fourth-order valence-electron chi connectivity index (χ4n) is 2.49. The predicted molar refractivity (Wildman–Crippen MR) is 75.0 cm³/mol. The smallest absolute Gasteiger partial charge is 0.137 e. The fraction of sp³-hybridized carbons (Fsp3) is 0.533. The molecule has 1 aromatic carbocycles. The summed E-state index contributed by atoms with van der Waals surface area (Å²) in [5.41, 5.74) is 0.397. The summed E-state index contributed by atoms with van der Waals surface area (Å²) in [4.78, 5) is 11.9. The molecule has 1 aromatic rings. The Morgan fingerprint density at radius 1 is 1.42 bits per heavy atom. The summed E-state index contributed by atoms with van der Waals surface area (Å²) in [5.74, 6) is -0.276. The normalized spacial score (nSPS) is 19.4. The van der Waals surface area contributed by atoms with Gasteiger partial charge in [-0.25, -0.2) is 4.39 Å². The van der Waals surface area contributed by atoms with Gasteiger partial charge in [0.1, 0.15) is 11.6 Å². The lowest BCUT2D eigenvalue weighted by molar-refractivity contribution is -0.118. The van der Waals surface area contributed by atoms with Crippen molar-refractivity contribution >= 4 is 17.4 Å². The molecule has 1 atom stereocenters. The Morgan fingerprint density at radius 2 is 2.26 bits per heavy atom. The molecule has 4 heteroatoms. The Labute approximate surface area is 118 Å². The van der Waals surface area contributed by atoms with Crippen LogP contribution in [0.4, 0.5) is 4.39 Å². The quantitative estimate of drug-likeness (QED) is 0.896. The van der Waals surface area contributed by atoms with Crippen LogP contribution in [0.25, 0.3) is 0 Å². The number of halogens is 2. The molecule has 1 aliphatic heterocycles. The average molecular weight is 284 g/mol. The number of rotatable bonds is 5. The minimum absolute atomic E-state index is 0.0774. The van der Waals surface area contributed by atoms with E-state index in [1.54, 1.807) is 0 Å². The molecule has 0 aromatic heterocycles. The van der Waals surface area contributed by atoms with E-state index in [0.29, 0.717) is 23.0 Å². The first kappa shape index (κ1) is 14.5. The van der Waals surface area contributed by atoms with Gasteiger partial charge in [-0.05, 0) is 49.6 Å². The molecule has 0 spiro atoms. The number of carbonyl (C=O) groups is 1. The third-order valence-electron chi connectivity index (χ3n) is 3.58. The van der Waals surface area contributed by atoms with Crippen LogP contribution in [-0.4, -0.2) is 18.4 Å². The van der Waals surface area contributed by atoms with E-state index in [0.717, 1.165) is 19.4 Å². The van der Waals surface area contributed by atoms with Gasteiger partial charge in [-0.1, -0.05) is 18.0 Å². The minimum atomic E-state index is -0.353. The summed E-state index contributed by atoms with van der Waals surface area (Å²) in [6.45, 7) is 1.04. The largest absolute Gasteiger partial charge is 0.314 e. The van der Waals surface area contributed by atoms with E-state index in [-0.39, 0.29) is 18.0 Å². The minimum Gasteiger partial charge on any atom is -0.314 e. The van der Waals surface area contributed by atoms with Gasteiger partial charge in [0.2, 0.25) is 0 Å². The highest BCUT2D eigenvalue weighted by atomic mass is 35.5. The molecule has 0 aliphatic carbocycles. The highest BCUT2D eigenvalue weighted by molar-refractivity contribution is 6.30. The van der Waals surface area contributed by atoms with Crippen LogP contribution in [0.3, 0.4) is 0 Å². The molecule has 2 rings (SSSR count). The zero-order chi connectivity index (χ0) is 13.7. The number of hydrogen-bond donors (Lipinski definition) is 1. The van der Waals surface area contributed by atoms with Crippen molar-refractivity contribution < 1.29 is 9.18 Å². The lowest BCUT2D eigenvalue weighted by atomic mass is 9.97. The molecule has 0 saturated carbocycles. The van der Waals surface area contributed by atoms with Crippen molar-refractivity contribution in [3.05, 3.63) is 34.6 Å². The topological polar surface area (TPSA) is 29.1 Å². The Hall–Kier alpha value is -0.930. The first-order valence-corrected chi connectivity index (χ1v) is 7.22. The van der Waals surface area contributed by atoms with E-state index in [9.17, 15) is 9.18 Å². The van der Waals surface area contributed by atoms with Crippen LogP contribution in [0.1, 0.15) is 37.7 Å². The fourth-order valence-corrected chi connectivity index (χ4v) is 2.68. The monoisotopic (exact) mass is 283 g/mol. The van der Waals surface area contributed by atoms with E-state index in [1.807, 2.05) is 0 Å². The maximum Gasteiger partial charge on any atom is 0.137 e. The third kappa shape index (κ3) is 4.59. The van der Waals surface area contributed by atoms with E-state index in [1.165, 1.54) is 31.0 Å². The first-order valence-electron chi connectivity index (χ1n) is 6.84. The van der Waals surface area contributed by atoms with Gasteiger partial charge in [0, 0.05) is 23.9 Å². The van der Waals surface area contributed by atoms with Crippen LogP contribution < -0.4 is 5.32 Å². The van der Waals surface area contributed by atoms with Crippen molar-refractivity contribution in [2.45, 2.75) is 44.6 Å². The van der Waals surface area contributed by atoms with Gasteiger partial charge in [-0.15, -0.1) is 0 Å². The lowest BCUT2D eigenvalue weighted by Crippen LogP contribution is -2.34. The molecule has 1 saturated heterocycles. The van der Waals surface area contributed by atoms with Gasteiger partial charge in [0.05, 0.1) is 0 Å². The maximum atomic E-state index is 13.5. The summed E-state index contributed by atoms with van der Waals surface area (Å²) in [5, 5.41) is 3.88. The van der Waals surface area contributed by atoms with Gasteiger partial charge >= 0.3 is 0 Å². The predicted octanol–water partition coefficient (Wildman–Crippen LogP) is 3.51. The van der Waals surface area contributed by atoms with Crippen LogP contribution in [-0.2, 0) is 11.2 Å². The van der Waals surface area contributed by atoms with Crippen LogP contribution in [0.2, 0.25) is 5.02 Å². The number of benzene rings is 1. The summed E-state index contributed by atoms with van der Waals surface area (Å²) in [7, 11) is 0. The molecule has 1 heterocycles. The van der Waals surface area contributed by atoms with Crippen molar-refractivity contribution in [2.75, 3.05) is 6.54 Å². The van der Waals surface area contributed by atoms with Gasteiger partial charge in [-0.3, -0.25) is 4.79 Å². The molecular weight excluding hydrogens is 265 g/mol. The Balaban J connectivity index is 1.81. The molecule has 1 N–H and O–H groups in total. The van der Waals surface area contributed by atoms with E-state index < -0.39 is 0 Å². The number of nitrogens with one attached hydrogen (secondary N) is 1. The van der Waals surface area contributed by atoms with Crippen molar-refractivity contribution in [1.29, 1.82) is 0 Å². The summed E-state index contributed by atoms with van der Waals surface area (Å²) < 4.78 is 13.5. The summed E-state index contributed by atoms with van der Waals surface area (Å²) >= 11 is 5.81. The van der Waals surface area contributed by atoms with E-state index >= 15 is 0 Å². The van der Waals surface area contributed by atoms with Gasteiger partial charge in [0.25, 0.3) is 0 Å². The second kappa shape index (κ2) is 7.01. The Morgan fingerprint density at radius 3 is 3.00 bits per heavy atom. The van der Waals surface area contributed by atoms with Crippen molar-refractivity contribution in [3.63, 3.8) is 0 Å². The van der Waals surface area contributed by atoms with Crippen molar-refractivity contribution in [3.8, 4) is 0 Å². The zero-order valence-electron chi connectivity index (χ0n) is 10.9. The molecule has 0 amide bonds.